The second-order valence-electron chi connectivity index (χ2n) is 6.69. The zero-order valence-corrected chi connectivity index (χ0v) is 15.8. The van der Waals surface area contributed by atoms with E-state index in [0.29, 0.717) is 16.5 Å². The second kappa shape index (κ2) is 7.41. The minimum absolute atomic E-state index is 0.176. The van der Waals surface area contributed by atoms with Gasteiger partial charge in [0, 0.05) is 24.0 Å². The molecule has 25 heavy (non-hydrogen) atoms. The number of amides is 1. The van der Waals surface area contributed by atoms with Gasteiger partial charge >= 0.3 is 0 Å². The number of hydrogen-bond donors (Lipinski definition) is 1. The Labute approximate surface area is 153 Å². The lowest BCUT2D eigenvalue weighted by Crippen LogP contribution is -2.45. The monoisotopic (exact) mass is 386 g/mol. The molecule has 1 fully saturated rings. The molecule has 1 amide bonds. The summed E-state index contributed by atoms with van der Waals surface area (Å²) in [5.74, 6) is 0.180. The largest absolute Gasteiger partial charge is 0.478 e. The fraction of sp³-hybridized carbons (Fsp3) is 0.588. The van der Waals surface area contributed by atoms with Gasteiger partial charge in [0.15, 0.2) is 6.10 Å². The summed E-state index contributed by atoms with van der Waals surface area (Å²) in [6.07, 6.45) is 6.15. The Hall–Kier alpha value is -1.47. The number of hydrogen-bond acceptors (Lipinski definition) is 4. The van der Waals surface area contributed by atoms with Crippen molar-refractivity contribution in [2.24, 2.45) is 0 Å². The number of benzene rings is 1. The third-order valence-corrected chi connectivity index (χ3v) is 6.11. The van der Waals surface area contributed by atoms with Gasteiger partial charge in [-0.25, -0.2) is 8.42 Å². The lowest BCUT2D eigenvalue weighted by molar-refractivity contribution is -0.129. The maximum absolute atomic E-state index is 12.6. The van der Waals surface area contributed by atoms with Crippen molar-refractivity contribution < 1.29 is 17.9 Å². The first-order chi connectivity index (χ1) is 11.8. The van der Waals surface area contributed by atoms with Crippen molar-refractivity contribution in [1.29, 1.82) is 0 Å². The maximum atomic E-state index is 12.6. The van der Waals surface area contributed by atoms with Crippen LogP contribution < -0.4 is 14.4 Å². The summed E-state index contributed by atoms with van der Waals surface area (Å²) < 4.78 is 31.4. The van der Waals surface area contributed by atoms with Crippen LogP contribution in [0.1, 0.15) is 38.5 Å². The molecule has 0 saturated heterocycles. The van der Waals surface area contributed by atoms with E-state index >= 15 is 0 Å². The minimum Gasteiger partial charge on any atom is -0.478 e. The van der Waals surface area contributed by atoms with Crippen molar-refractivity contribution in [2.45, 2.75) is 50.7 Å². The van der Waals surface area contributed by atoms with Gasteiger partial charge in [-0.05, 0) is 31.0 Å². The van der Waals surface area contributed by atoms with E-state index in [9.17, 15) is 13.2 Å². The second-order valence-corrected chi connectivity index (χ2v) is 9.03. The number of rotatable bonds is 3. The van der Waals surface area contributed by atoms with E-state index in [2.05, 4.69) is 5.32 Å². The molecule has 3 rings (SSSR count). The van der Waals surface area contributed by atoms with E-state index in [1.807, 2.05) is 0 Å². The Bertz CT molecular complexity index is 747. The van der Waals surface area contributed by atoms with Gasteiger partial charge < -0.3 is 10.1 Å². The van der Waals surface area contributed by atoms with Crippen molar-refractivity contribution in [3.05, 3.63) is 23.2 Å². The van der Waals surface area contributed by atoms with E-state index in [-0.39, 0.29) is 24.9 Å². The predicted molar refractivity (Wildman–Crippen MR) is 97.7 cm³/mol. The Morgan fingerprint density at radius 1 is 1.24 bits per heavy atom. The molecule has 0 spiro atoms. The number of nitrogens with zero attached hydrogens (tertiary/aromatic N) is 1. The van der Waals surface area contributed by atoms with Crippen LogP contribution in [-0.2, 0) is 14.8 Å². The highest BCUT2D eigenvalue weighted by molar-refractivity contribution is 7.92. The van der Waals surface area contributed by atoms with Crippen molar-refractivity contribution >= 4 is 33.2 Å². The van der Waals surface area contributed by atoms with Gasteiger partial charge in [0.1, 0.15) is 5.75 Å². The smallest absolute Gasteiger partial charge is 0.261 e. The molecule has 1 atom stereocenters. The van der Waals surface area contributed by atoms with Crippen molar-refractivity contribution in [2.75, 3.05) is 17.1 Å². The van der Waals surface area contributed by atoms with Gasteiger partial charge in [0.05, 0.1) is 11.9 Å². The molecule has 2 aliphatic rings. The van der Waals surface area contributed by atoms with Crippen LogP contribution >= 0.6 is 11.6 Å². The molecule has 0 aromatic heterocycles. The Balaban J connectivity index is 1.81. The summed E-state index contributed by atoms with van der Waals surface area (Å²) in [6, 6.07) is 4.98. The van der Waals surface area contributed by atoms with E-state index < -0.39 is 16.1 Å². The standard InChI is InChI=1S/C17H23ClN2O4S/c1-25(22,23)20-10-9-16(17(21)19-13-5-3-2-4-6-13)24-15-8-7-12(18)11-14(15)20/h7-8,11,13,16H,2-6,9-10H2,1H3,(H,19,21). The maximum Gasteiger partial charge on any atom is 0.261 e. The van der Waals surface area contributed by atoms with Gasteiger partial charge in [-0.15, -0.1) is 0 Å². The quantitative estimate of drug-likeness (QED) is 0.866. The van der Waals surface area contributed by atoms with Crippen LogP contribution in [0.5, 0.6) is 5.75 Å². The fourth-order valence-electron chi connectivity index (χ4n) is 3.42. The van der Waals surface area contributed by atoms with Crippen LogP contribution in [0.15, 0.2) is 18.2 Å². The number of sulfonamides is 1. The first kappa shape index (κ1) is 18.3. The summed E-state index contributed by atoms with van der Waals surface area (Å²) in [7, 11) is -3.49. The summed E-state index contributed by atoms with van der Waals surface area (Å²) in [4.78, 5) is 12.6. The number of fused-ring (bicyclic) bond motifs is 1. The highest BCUT2D eigenvalue weighted by atomic mass is 35.5. The molecular weight excluding hydrogens is 364 g/mol. The van der Waals surface area contributed by atoms with Crippen molar-refractivity contribution in [1.82, 2.24) is 5.32 Å². The number of carbonyl (C=O) groups excluding carboxylic acids is 1. The predicted octanol–water partition coefficient (Wildman–Crippen LogP) is 2.71. The summed E-state index contributed by atoms with van der Waals surface area (Å²) in [5, 5.41) is 3.47. The number of anilines is 1. The summed E-state index contributed by atoms with van der Waals surface area (Å²) in [5.41, 5.74) is 0.378. The van der Waals surface area contributed by atoms with Gasteiger partial charge in [-0.3, -0.25) is 9.10 Å². The number of ether oxygens (including phenoxy) is 1. The van der Waals surface area contributed by atoms with Crippen LogP contribution in [0.2, 0.25) is 5.02 Å². The SMILES string of the molecule is CS(=O)(=O)N1CCC(C(=O)NC2CCCCC2)Oc2ccc(Cl)cc21. The van der Waals surface area contributed by atoms with E-state index in [0.717, 1.165) is 31.9 Å². The van der Waals surface area contributed by atoms with Crippen molar-refractivity contribution in [3.63, 3.8) is 0 Å². The summed E-state index contributed by atoms with van der Waals surface area (Å²) >= 11 is 6.02. The third-order valence-electron chi connectivity index (χ3n) is 4.70. The van der Waals surface area contributed by atoms with Crippen LogP contribution in [0.25, 0.3) is 0 Å². The Morgan fingerprint density at radius 2 is 1.96 bits per heavy atom. The molecular formula is C17H23ClN2O4S. The number of carbonyl (C=O) groups is 1. The molecule has 6 nitrogen and oxygen atoms in total. The normalized spacial score (nSPS) is 21.8. The summed E-state index contributed by atoms with van der Waals surface area (Å²) in [6.45, 7) is 0.176. The van der Waals surface area contributed by atoms with E-state index in [1.165, 1.54) is 10.7 Å². The van der Waals surface area contributed by atoms with Gasteiger partial charge in [-0.2, -0.15) is 0 Å². The molecule has 0 radical (unpaired) electrons. The zero-order chi connectivity index (χ0) is 18.0. The Kier molecular flexibility index (Phi) is 5.43. The van der Waals surface area contributed by atoms with Crippen LogP contribution in [0, 0.1) is 0 Å². The average Bonchev–Trinajstić information content (AvgIpc) is 2.74. The van der Waals surface area contributed by atoms with Crippen LogP contribution in [-0.4, -0.2) is 39.3 Å². The molecule has 1 aliphatic carbocycles. The zero-order valence-electron chi connectivity index (χ0n) is 14.2. The average molecular weight is 387 g/mol. The molecule has 0 bridgehead atoms. The molecule has 1 unspecified atom stereocenters. The highest BCUT2D eigenvalue weighted by Crippen LogP contribution is 2.36. The van der Waals surface area contributed by atoms with Crippen LogP contribution in [0.4, 0.5) is 5.69 Å². The fourth-order valence-corrected chi connectivity index (χ4v) is 4.53. The highest BCUT2D eigenvalue weighted by Gasteiger charge is 2.32. The van der Waals surface area contributed by atoms with E-state index in [4.69, 9.17) is 16.3 Å². The molecule has 1 aromatic carbocycles. The molecule has 1 saturated carbocycles. The number of nitrogens with one attached hydrogen (secondary N) is 1. The number of halogens is 1. The van der Waals surface area contributed by atoms with Gasteiger partial charge in [0.25, 0.3) is 5.91 Å². The molecule has 1 aromatic rings. The van der Waals surface area contributed by atoms with Gasteiger partial charge in [-0.1, -0.05) is 30.9 Å². The first-order valence-corrected chi connectivity index (χ1v) is 10.8. The molecule has 138 valence electrons. The van der Waals surface area contributed by atoms with E-state index in [1.54, 1.807) is 18.2 Å². The van der Waals surface area contributed by atoms with Crippen LogP contribution in [0.3, 0.4) is 0 Å². The Morgan fingerprint density at radius 3 is 2.64 bits per heavy atom. The lowest BCUT2D eigenvalue weighted by Gasteiger charge is -2.25. The van der Waals surface area contributed by atoms with Gasteiger partial charge in [0.2, 0.25) is 10.0 Å². The molecule has 1 N–H and O–H groups in total. The lowest BCUT2D eigenvalue weighted by atomic mass is 9.95. The third kappa shape index (κ3) is 4.39. The minimum atomic E-state index is -3.49. The van der Waals surface area contributed by atoms with Crippen molar-refractivity contribution in [3.8, 4) is 5.75 Å². The molecule has 1 aliphatic heterocycles. The molecule has 8 heteroatoms. The topological polar surface area (TPSA) is 75.7 Å². The molecule has 1 heterocycles. The first-order valence-electron chi connectivity index (χ1n) is 8.59.